The van der Waals surface area contributed by atoms with E-state index in [0.717, 1.165) is 5.56 Å². The predicted octanol–water partition coefficient (Wildman–Crippen LogP) is 3.57. The molecule has 0 spiro atoms. The van der Waals surface area contributed by atoms with Gasteiger partial charge in [0, 0.05) is 18.5 Å². The Morgan fingerprint density at radius 1 is 1.35 bits per heavy atom. The van der Waals surface area contributed by atoms with Crippen LogP contribution in [0.2, 0.25) is 0 Å². The smallest absolute Gasteiger partial charge is 0.226 e. The number of ether oxygens (including phenoxy) is 1. The van der Waals surface area contributed by atoms with Crippen LogP contribution in [0.1, 0.15) is 18.0 Å². The van der Waals surface area contributed by atoms with Crippen molar-refractivity contribution >= 4 is 22.9 Å². The lowest BCUT2D eigenvalue weighted by atomic mass is 10.1. The van der Waals surface area contributed by atoms with Crippen molar-refractivity contribution in [3.05, 3.63) is 65.2 Å². The van der Waals surface area contributed by atoms with E-state index in [1.807, 2.05) is 34.5 Å². The van der Waals surface area contributed by atoms with Crippen molar-refractivity contribution in [3.63, 3.8) is 0 Å². The molecule has 6 heteroatoms. The van der Waals surface area contributed by atoms with Crippen LogP contribution in [0, 0.1) is 0 Å². The van der Waals surface area contributed by atoms with Gasteiger partial charge in [0.25, 0.3) is 0 Å². The van der Waals surface area contributed by atoms with E-state index in [9.17, 15) is 4.79 Å². The first kappa shape index (κ1) is 15.3. The van der Waals surface area contributed by atoms with Gasteiger partial charge in [-0.15, -0.1) is 0 Å². The summed E-state index contributed by atoms with van der Waals surface area (Å²) in [6.07, 6.45) is 5.90. The highest BCUT2D eigenvalue weighted by Gasteiger charge is 2.18. The second-order valence-electron chi connectivity index (χ2n) is 5.04. The summed E-state index contributed by atoms with van der Waals surface area (Å²) in [6.45, 7) is 0. The van der Waals surface area contributed by atoms with Gasteiger partial charge in [0.1, 0.15) is 0 Å². The van der Waals surface area contributed by atoms with Crippen molar-refractivity contribution < 1.29 is 9.53 Å². The van der Waals surface area contributed by atoms with E-state index in [2.05, 4.69) is 21.7 Å². The summed E-state index contributed by atoms with van der Waals surface area (Å²) in [5, 5.41) is 6.98. The Morgan fingerprint density at radius 2 is 2.17 bits per heavy atom. The highest BCUT2D eigenvalue weighted by molar-refractivity contribution is 7.08. The zero-order chi connectivity index (χ0) is 16.1. The average molecular weight is 327 g/mol. The third-order valence-electron chi connectivity index (χ3n) is 3.52. The molecule has 0 aliphatic heterocycles. The van der Waals surface area contributed by atoms with Crippen molar-refractivity contribution in [3.8, 4) is 5.88 Å². The van der Waals surface area contributed by atoms with Crippen LogP contribution in [0.4, 0.5) is 5.69 Å². The SMILES string of the molecule is COc1ccc(NC(=O)C[C@H](c2ccsc2)n2cccc2)cn1. The van der Waals surface area contributed by atoms with Crippen LogP contribution in [0.15, 0.2) is 59.7 Å². The molecule has 1 amide bonds. The molecule has 0 fully saturated rings. The number of anilines is 1. The monoisotopic (exact) mass is 327 g/mol. The van der Waals surface area contributed by atoms with E-state index in [4.69, 9.17) is 4.74 Å². The van der Waals surface area contributed by atoms with Gasteiger partial charge in [-0.25, -0.2) is 4.98 Å². The fraction of sp³-hybridized carbons (Fsp3) is 0.176. The molecule has 0 aliphatic rings. The lowest BCUT2D eigenvalue weighted by Gasteiger charge is -2.18. The minimum absolute atomic E-state index is 0.0116. The minimum atomic E-state index is -0.0538. The number of nitrogens with zero attached hydrogens (tertiary/aromatic N) is 2. The number of methoxy groups -OCH3 is 1. The number of carbonyl (C=O) groups excluding carboxylic acids is 1. The summed E-state index contributed by atoms with van der Waals surface area (Å²) in [4.78, 5) is 16.5. The van der Waals surface area contributed by atoms with Gasteiger partial charge in [0.2, 0.25) is 11.8 Å². The maximum Gasteiger partial charge on any atom is 0.226 e. The van der Waals surface area contributed by atoms with Crippen LogP contribution in [-0.4, -0.2) is 22.6 Å². The summed E-state index contributed by atoms with van der Waals surface area (Å²) in [7, 11) is 1.56. The van der Waals surface area contributed by atoms with E-state index >= 15 is 0 Å². The quantitative estimate of drug-likeness (QED) is 0.753. The summed E-state index contributed by atoms with van der Waals surface area (Å²) in [5.41, 5.74) is 1.79. The largest absolute Gasteiger partial charge is 0.481 e. The van der Waals surface area contributed by atoms with Gasteiger partial charge < -0.3 is 14.6 Å². The minimum Gasteiger partial charge on any atom is -0.481 e. The first-order chi connectivity index (χ1) is 11.3. The zero-order valence-corrected chi connectivity index (χ0v) is 13.5. The average Bonchev–Trinajstić information content (AvgIpc) is 3.27. The molecule has 0 aliphatic carbocycles. The summed E-state index contributed by atoms with van der Waals surface area (Å²) in [5.74, 6) is 0.466. The van der Waals surface area contributed by atoms with Gasteiger partial charge in [0.15, 0.2) is 0 Å². The summed E-state index contributed by atoms with van der Waals surface area (Å²) < 4.78 is 7.06. The number of nitrogens with one attached hydrogen (secondary N) is 1. The molecule has 0 unspecified atom stereocenters. The number of pyridine rings is 1. The van der Waals surface area contributed by atoms with E-state index in [0.29, 0.717) is 18.0 Å². The highest BCUT2D eigenvalue weighted by atomic mass is 32.1. The second-order valence-corrected chi connectivity index (χ2v) is 5.82. The van der Waals surface area contributed by atoms with Crippen molar-refractivity contribution in [1.82, 2.24) is 9.55 Å². The number of aromatic nitrogens is 2. The molecule has 3 aromatic heterocycles. The molecular weight excluding hydrogens is 310 g/mol. The molecule has 3 aromatic rings. The maximum atomic E-state index is 12.4. The zero-order valence-electron chi connectivity index (χ0n) is 12.7. The first-order valence-corrected chi connectivity index (χ1v) is 8.15. The predicted molar refractivity (Wildman–Crippen MR) is 90.9 cm³/mol. The van der Waals surface area contributed by atoms with E-state index in [1.165, 1.54) is 0 Å². The standard InChI is InChI=1S/C17H17N3O2S/c1-22-17-5-4-14(11-18-17)19-16(21)10-15(13-6-9-23-12-13)20-7-2-3-8-20/h2-9,11-12,15H,10H2,1H3,(H,19,21)/t15-/m1/s1. The second kappa shape index (κ2) is 7.11. The Morgan fingerprint density at radius 3 is 2.78 bits per heavy atom. The van der Waals surface area contributed by atoms with Crippen LogP contribution in [-0.2, 0) is 4.79 Å². The van der Waals surface area contributed by atoms with Crippen molar-refractivity contribution in [2.24, 2.45) is 0 Å². The molecule has 1 atom stereocenters. The van der Waals surface area contributed by atoms with Crippen LogP contribution in [0.25, 0.3) is 0 Å². The lowest BCUT2D eigenvalue weighted by molar-refractivity contribution is -0.116. The first-order valence-electron chi connectivity index (χ1n) is 7.20. The Bertz CT molecular complexity index is 703. The normalized spacial score (nSPS) is 11.9. The van der Waals surface area contributed by atoms with Crippen molar-refractivity contribution in [2.45, 2.75) is 12.5 Å². The van der Waals surface area contributed by atoms with Crippen LogP contribution in [0.3, 0.4) is 0 Å². The van der Waals surface area contributed by atoms with E-state index in [1.54, 1.807) is 36.8 Å². The lowest BCUT2D eigenvalue weighted by Crippen LogP contribution is -2.19. The molecule has 118 valence electrons. The Balaban J connectivity index is 1.71. The summed E-state index contributed by atoms with van der Waals surface area (Å²) in [6, 6.07) is 9.46. The Hall–Kier alpha value is -2.60. The number of thiophene rings is 1. The third kappa shape index (κ3) is 3.78. The number of amides is 1. The Kier molecular flexibility index (Phi) is 4.73. The molecule has 0 radical (unpaired) electrons. The van der Waals surface area contributed by atoms with E-state index in [-0.39, 0.29) is 11.9 Å². The number of carbonyl (C=O) groups is 1. The molecule has 3 heterocycles. The topological polar surface area (TPSA) is 56.1 Å². The van der Waals surface area contributed by atoms with Gasteiger partial charge in [-0.3, -0.25) is 4.79 Å². The highest BCUT2D eigenvalue weighted by Crippen LogP contribution is 2.25. The van der Waals surface area contributed by atoms with E-state index < -0.39 is 0 Å². The molecule has 0 bridgehead atoms. The number of rotatable bonds is 6. The molecule has 0 saturated carbocycles. The van der Waals surface area contributed by atoms with Crippen molar-refractivity contribution in [2.75, 3.05) is 12.4 Å². The molecule has 5 nitrogen and oxygen atoms in total. The number of hydrogen-bond acceptors (Lipinski definition) is 4. The molecule has 23 heavy (non-hydrogen) atoms. The van der Waals surface area contributed by atoms with Gasteiger partial charge in [0.05, 0.1) is 31.5 Å². The Labute approximate surface area is 138 Å². The van der Waals surface area contributed by atoms with Crippen LogP contribution < -0.4 is 10.1 Å². The van der Waals surface area contributed by atoms with Gasteiger partial charge in [-0.05, 0) is 40.6 Å². The molecular formula is C17H17N3O2S. The molecule has 0 saturated heterocycles. The summed E-state index contributed by atoms with van der Waals surface area (Å²) >= 11 is 1.63. The van der Waals surface area contributed by atoms with Crippen LogP contribution >= 0.6 is 11.3 Å². The fourth-order valence-electron chi connectivity index (χ4n) is 2.38. The van der Waals surface area contributed by atoms with Crippen LogP contribution in [0.5, 0.6) is 5.88 Å². The number of hydrogen-bond donors (Lipinski definition) is 1. The molecule has 0 aromatic carbocycles. The maximum absolute atomic E-state index is 12.4. The van der Waals surface area contributed by atoms with Gasteiger partial charge in [-0.1, -0.05) is 0 Å². The van der Waals surface area contributed by atoms with Gasteiger partial charge in [-0.2, -0.15) is 11.3 Å². The molecule has 1 N–H and O–H groups in total. The third-order valence-corrected chi connectivity index (χ3v) is 4.22. The fourth-order valence-corrected chi connectivity index (χ4v) is 3.09. The molecule has 3 rings (SSSR count). The van der Waals surface area contributed by atoms with Crippen molar-refractivity contribution in [1.29, 1.82) is 0 Å². The van der Waals surface area contributed by atoms with Gasteiger partial charge >= 0.3 is 0 Å².